The van der Waals surface area contributed by atoms with Crippen molar-refractivity contribution in [1.82, 2.24) is 4.90 Å². The molecule has 3 heteroatoms. The first-order valence-electron chi connectivity index (χ1n) is 6.66. The van der Waals surface area contributed by atoms with Gasteiger partial charge in [-0.3, -0.25) is 4.90 Å². The van der Waals surface area contributed by atoms with Gasteiger partial charge in [0, 0.05) is 6.61 Å². The minimum Gasteiger partial charge on any atom is -0.376 e. The normalized spacial score (nSPS) is 17.8. The van der Waals surface area contributed by atoms with Gasteiger partial charge in [0.1, 0.15) is 6.29 Å². The summed E-state index contributed by atoms with van der Waals surface area (Å²) in [6.07, 6.45) is 3.28. The third-order valence-electron chi connectivity index (χ3n) is 3.50. The highest BCUT2D eigenvalue weighted by Gasteiger charge is 2.18. The Morgan fingerprint density at radius 1 is 1.22 bits per heavy atom. The predicted molar refractivity (Wildman–Crippen MR) is 71.3 cm³/mol. The number of likely N-dealkylation sites (tertiary alicyclic amines) is 1. The number of ether oxygens (including phenoxy) is 1. The fraction of sp³-hybridized carbons (Fsp3) is 0.533. The SMILES string of the molecule is O=CCN1CCC(COCc2ccccc2)CC1. The van der Waals surface area contributed by atoms with E-state index < -0.39 is 0 Å². The van der Waals surface area contributed by atoms with E-state index in [4.69, 9.17) is 4.74 Å². The molecule has 0 atom stereocenters. The highest BCUT2D eigenvalue weighted by atomic mass is 16.5. The van der Waals surface area contributed by atoms with E-state index in [2.05, 4.69) is 17.0 Å². The van der Waals surface area contributed by atoms with E-state index in [0.717, 1.165) is 38.8 Å². The van der Waals surface area contributed by atoms with E-state index in [0.29, 0.717) is 19.1 Å². The largest absolute Gasteiger partial charge is 0.376 e. The van der Waals surface area contributed by atoms with Crippen molar-refractivity contribution in [2.75, 3.05) is 26.2 Å². The Hall–Kier alpha value is -1.19. The highest BCUT2D eigenvalue weighted by Crippen LogP contribution is 2.17. The van der Waals surface area contributed by atoms with E-state index in [9.17, 15) is 4.79 Å². The van der Waals surface area contributed by atoms with Crippen LogP contribution in [0.1, 0.15) is 18.4 Å². The van der Waals surface area contributed by atoms with Crippen molar-refractivity contribution < 1.29 is 9.53 Å². The lowest BCUT2D eigenvalue weighted by atomic mass is 9.98. The van der Waals surface area contributed by atoms with Crippen LogP contribution >= 0.6 is 0 Å². The van der Waals surface area contributed by atoms with Crippen LogP contribution in [0.4, 0.5) is 0 Å². The van der Waals surface area contributed by atoms with Gasteiger partial charge >= 0.3 is 0 Å². The van der Waals surface area contributed by atoms with Gasteiger partial charge in [0.05, 0.1) is 13.2 Å². The molecule has 0 amide bonds. The maximum absolute atomic E-state index is 10.4. The zero-order valence-electron chi connectivity index (χ0n) is 10.8. The Bertz CT molecular complexity index is 345. The van der Waals surface area contributed by atoms with Gasteiger partial charge in [0.15, 0.2) is 0 Å². The Kier molecular flexibility index (Phi) is 5.36. The second-order valence-corrected chi connectivity index (χ2v) is 4.91. The molecule has 1 heterocycles. The number of benzene rings is 1. The number of piperidine rings is 1. The average Bonchev–Trinajstić information content (AvgIpc) is 2.42. The van der Waals surface area contributed by atoms with Crippen molar-refractivity contribution in [2.45, 2.75) is 19.4 Å². The summed E-state index contributed by atoms with van der Waals surface area (Å²) in [5.41, 5.74) is 1.23. The molecular weight excluding hydrogens is 226 g/mol. The van der Waals surface area contributed by atoms with E-state index in [-0.39, 0.29) is 0 Å². The minimum atomic E-state index is 0.581. The quantitative estimate of drug-likeness (QED) is 0.721. The van der Waals surface area contributed by atoms with Crippen LogP contribution in [0.2, 0.25) is 0 Å². The molecule has 0 radical (unpaired) electrons. The monoisotopic (exact) mass is 247 g/mol. The standard InChI is InChI=1S/C15H21NO2/c17-11-10-16-8-6-15(7-9-16)13-18-12-14-4-2-1-3-5-14/h1-5,11,15H,6-10,12-13H2. The lowest BCUT2D eigenvalue weighted by Gasteiger charge is -2.30. The van der Waals surface area contributed by atoms with E-state index in [1.165, 1.54) is 5.56 Å². The summed E-state index contributed by atoms with van der Waals surface area (Å²) in [6.45, 7) is 4.17. The molecule has 0 bridgehead atoms. The van der Waals surface area contributed by atoms with Crippen LogP contribution in [-0.2, 0) is 16.1 Å². The Morgan fingerprint density at radius 2 is 1.94 bits per heavy atom. The van der Waals surface area contributed by atoms with E-state index in [1.54, 1.807) is 0 Å². The molecule has 0 unspecified atom stereocenters. The maximum atomic E-state index is 10.4. The lowest BCUT2D eigenvalue weighted by Crippen LogP contribution is -2.36. The Labute approximate surface area is 109 Å². The van der Waals surface area contributed by atoms with Crippen LogP contribution < -0.4 is 0 Å². The van der Waals surface area contributed by atoms with Gasteiger partial charge in [-0.1, -0.05) is 30.3 Å². The second-order valence-electron chi connectivity index (χ2n) is 4.91. The van der Waals surface area contributed by atoms with Crippen molar-refractivity contribution in [3.8, 4) is 0 Å². The van der Waals surface area contributed by atoms with Gasteiger partial charge in [-0.15, -0.1) is 0 Å². The first kappa shape index (κ1) is 13.2. The van der Waals surface area contributed by atoms with Crippen molar-refractivity contribution in [1.29, 1.82) is 0 Å². The van der Waals surface area contributed by atoms with Crippen molar-refractivity contribution in [2.24, 2.45) is 5.92 Å². The van der Waals surface area contributed by atoms with Crippen LogP contribution in [-0.4, -0.2) is 37.4 Å². The molecule has 3 nitrogen and oxygen atoms in total. The second kappa shape index (κ2) is 7.29. The topological polar surface area (TPSA) is 29.5 Å². The number of carbonyl (C=O) groups is 1. The first-order valence-corrected chi connectivity index (χ1v) is 6.66. The third kappa shape index (κ3) is 4.24. The molecule has 1 aliphatic heterocycles. The number of hydrogen-bond donors (Lipinski definition) is 0. The van der Waals surface area contributed by atoms with Crippen LogP contribution in [0, 0.1) is 5.92 Å². The Morgan fingerprint density at radius 3 is 2.61 bits per heavy atom. The zero-order chi connectivity index (χ0) is 12.6. The number of rotatable bonds is 6. The number of aldehydes is 1. The number of carbonyl (C=O) groups excluding carboxylic acids is 1. The molecule has 0 spiro atoms. The molecule has 0 aliphatic carbocycles. The van der Waals surface area contributed by atoms with Gasteiger partial charge in [0.2, 0.25) is 0 Å². The minimum absolute atomic E-state index is 0.581. The molecule has 1 fully saturated rings. The smallest absolute Gasteiger partial charge is 0.133 e. The summed E-state index contributed by atoms with van der Waals surface area (Å²) in [6, 6.07) is 10.3. The fourth-order valence-electron chi connectivity index (χ4n) is 2.36. The number of hydrogen-bond acceptors (Lipinski definition) is 3. The molecular formula is C15H21NO2. The highest BCUT2D eigenvalue weighted by molar-refractivity contribution is 5.51. The molecule has 2 rings (SSSR count). The molecule has 1 saturated heterocycles. The molecule has 0 saturated carbocycles. The van der Waals surface area contributed by atoms with Crippen LogP contribution in [0.3, 0.4) is 0 Å². The van der Waals surface area contributed by atoms with Gasteiger partial charge < -0.3 is 9.53 Å². The summed E-state index contributed by atoms with van der Waals surface area (Å²) < 4.78 is 5.77. The van der Waals surface area contributed by atoms with Gasteiger partial charge in [-0.2, -0.15) is 0 Å². The molecule has 98 valence electrons. The predicted octanol–water partition coefficient (Wildman–Crippen LogP) is 2.11. The molecule has 1 aliphatic rings. The first-order chi connectivity index (χ1) is 8.88. The fourth-order valence-corrected chi connectivity index (χ4v) is 2.36. The van der Waals surface area contributed by atoms with Crippen molar-refractivity contribution >= 4 is 6.29 Å². The van der Waals surface area contributed by atoms with Gasteiger partial charge in [-0.05, 0) is 37.4 Å². The summed E-state index contributed by atoms with van der Waals surface area (Å²) in [5, 5.41) is 0. The molecule has 0 N–H and O–H groups in total. The lowest BCUT2D eigenvalue weighted by molar-refractivity contribution is -0.109. The zero-order valence-corrected chi connectivity index (χ0v) is 10.8. The summed E-state index contributed by atoms with van der Waals surface area (Å²) in [5.74, 6) is 0.650. The van der Waals surface area contributed by atoms with Crippen molar-refractivity contribution in [3.05, 3.63) is 35.9 Å². The van der Waals surface area contributed by atoms with Crippen LogP contribution in [0.15, 0.2) is 30.3 Å². The average molecular weight is 247 g/mol. The van der Waals surface area contributed by atoms with Gasteiger partial charge in [0.25, 0.3) is 0 Å². The van der Waals surface area contributed by atoms with Gasteiger partial charge in [-0.25, -0.2) is 0 Å². The maximum Gasteiger partial charge on any atom is 0.133 e. The Balaban J connectivity index is 1.62. The number of nitrogens with zero attached hydrogens (tertiary/aromatic N) is 1. The summed E-state index contributed by atoms with van der Waals surface area (Å²) in [4.78, 5) is 12.6. The summed E-state index contributed by atoms with van der Waals surface area (Å²) in [7, 11) is 0. The van der Waals surface area contributed by atoms with Crippen LogP contribution in [0.25, 0.3) is 0 Å². The van der Waals surface area contributed by atoms with E-state index in [1.807, 2.05) is 18.2 Å². The van der Waals surface area contributed by atoms with E-state index >= 15 is 0 Å². The summed E-state index contributed by atoms with van der Waals surface area (Å²) >= 11 is 0. The third-order valence-corrected chi connectivity index (χ3v) is 3.50. The molecule has 18 heavy (non-hydrogen) atoms. The van der Waals surface area contributed by atoms with Crippen molar-refractivity contribution in [3.63, 3.8) is 0 Å². The molecule has 1 aromatic rings. The molecule has 0 aromatic heterocycles. The van der Waals surface area contributed by atoms with Crippen LogP contribution in [0.5, 0.6) is 0 Å². The molecule has 1 aromatic carbocycles.